The standard InChI is InChI=1S/C19H13NO3S/c21-17(16-6-3-11-24-16)12-7-9-13(10-8-12)20-18(22)14-4-1-2-5-15(14)19(20)23/h1-11,17,21H. The van der Waals surface area contributed by atoms with Gasteiger partial charge in [-0.2, -0.15) is 0 Å². The minimum atomic E-state index is -0.707. The second-order valence-electron chi connectivity index (χ2n) is 5.50. The summed E-state index contributed by atoms with van der Waals surface area (Å²) in [6.45, 7) is 0. The second kappa shape index (κ2) is 5.70. The Bertz CT molecular complexity index is 881. The molecular formula is C19H13NO3S. The van der Waals surface area contributed by atoms with Crippen molar-refractivity contribution in [2.45, 2.75) is 6.10 Å². The van der Waals surface area contributed by atoms with Crippen LogP contribution in [0.5, 0.6) is 0 Å². The minimum Gasteiger partial charge on any atom is -0.383 e. The van der Waals surface area contributed by atoms with Crippen LogP contribution in [-0.4, -0.2) is 16.9 Å². The van der Waals surface area contributed by atoms with Crippen LogP contribution in [0.3, 0.4) is 0 Å². The zero-order valence-corrected chi connectivity index (χ0v) is 13.4. The van der Waals surface area contributed by atoms with Crippen LogP contribution in [0.4, 0.5) is 5.69 Å². The van der Waals surface area contributed by atoms with Crippen LogP contribution in [0.2, 0.25) is 0 Å². The van der Waals surface area contributed by atoms with Crippen LogP contribution in [0, 0.1) is 0 Å². The number of anilines is 1. The molecule has 0 saturated carbocycles. The normalized spacial score (nSPS) is 14.8. The Morgan fingerprint density at radius 2 is 1.46 bits per heavy atom. The lowest BCUT2D eigenvalue weighted by Gasteiger charge is -2.15. The van der Waals surface area contributed by atoms with Gasteiger partial charge in [0, 0.05) is 4.88 Å². The van der Waals surface area contributed by atoms with Crippen molar-refractivity contribution >= 4 is 28.8 Å². The van der Waals surface area contributed by atoms with E-state index in [2.05, 4.69) is 0 Å². The first-order chi connectivity index (χ1) is 11.7. The van der Waals surface area contributed by atoms with Gasteiger partial charge in [0.15, 0.2) is 0 Å². The maximum absolute atomic E-state index is 12.5. The van der Waals surface area contributed by atoms with Gasteiger partial charge in [-0.05, 0) is 41.3 Å². The van der Waals surface area contributed by atoms with Crippen LogP contribution in [0.15, 0.2) is 66.0 Å². The van der Waals surface area contributed by atoms with Gasteiger partial charge in [0.05, 0.1) is 16.8 Å². The van der Waals surface area contributed by atoms with Crippen molar-refractivity contribution in [3.63, 3.8) is 0 Å². The summed E-state index contributed by atoms with van der Waals surface area (Å²) in [6, 6.07) is 17.4. The molecule has 4 rings (SSSR count). The number of hydrogen-bond acceptors (Lipinski definition) is 4. The van der Waals surface area contributed by atoms with E-state index in [4.69, 9.17) is 0 Å². The average Bonchev–Trinajstić information content (AvgIpc) is 3.23. The maximum Gasteiger partial charge on any atom is 0.266 e. The van der Waals surface area contributed by atoms with Crippen LogP contribution in [-0.2, 0) is 0 Å². The predicted octanol–water partition coefficient (Wildman–Crippen LogP) is 3.63. The topological polar surface area (TPSA) is 57.6 Å². The largest absolute Gasteiger partial charge is 0.383 e. The number of carbonyl (C=O) groups excluding carboxylic acids is 2. The number of nitrogens with zero attached hydrogens (tertiary/aromatic N) is 1. The highest BCUT2D eigenvalue weighted by molar-refractivity contribution is 7.10. The number of benzene rings is 2. The van der Waals surface area contributed by atoms with Crippen molar-refractivity contribution in [3.8, 4) is 0 Å². The van der Waals surface area contributed by atoms with Crippen molar-refractivity contribution in [2.24, 2.45) is 0 Å². The summed E-state index contributed by atoms with van der Waals surface area (Å²) < 4.78 is 0. The summed E-state index contributed by atoms with van der Waals surface area (Å²) in [4.78, 5) is 27.0. The van der Waals surface area contributed by atoms with Crippen molar-refractivity contribution in [2.75, 3.05) is 4.90 Å². The molecule has 1 aliphatic rings. The molecule has 1 atom stereocenters. The molecule has 0 bridgehead atoms. The highest BCUT2D eigenvalue weighted by Crippen LogP contribution is 2.31. The minimum absolute atomic E-state index is 0.317. The lowest BCUT2D eigenvalue weighted by Crippen LogP contribution is -2.29. The van der Waals surface area contributed by atoms with Gasteiger partial charge < -0.3 is 5.11 Å². The summed E-state index contributed by atoms with van der Waals surface area (Å²) in [5.41, 5.74) is 2.07. The molecule has 5 heteroatoms. The quantitative estimate of drug-likeness (QED) is 0.744. The number of aliphatic hydroxyl groups excluding tert-OH is 1. The van der Waals surface area contributed by atoms with Crippen molar-refractivity contribution in [3.05, 3.63) is 87.6 Å². The number of carbonyl (C=O) groups is 2. The molecule has 0 spiro atoms. The van der Waals surface area contributed by atoms with E-state index in [0.29, 0.717) is 16.8 Å². The molecule has 2 heterocycles. The molecule has 0 saturated heterocycles. The number of aliphatic hydroxyl groups is 1. The maximum atomic E-state index is 12.5. The molecule has 2 amide bonds. The molecule has 3 aromatic rings. The third-order valence-corrected chi connectivity index (χ3v) is 5.00. The van der Waals surface area contributed by atoms with Gasteiger partial charge in [0.2, 0.25) is 0 Å². The molecular weight excluding hydrogens is 322 g/mol. The summed E-state index contributed by atoms with van der Waals surface area (Å²) in [5.74, 6) is -0.635. The lowest BCUT2D eigenvalue weighted by molar-refractivity contribution is 0.0926. The Labute approximate surface area is 142 Å². The summed E-state index contributed by atoms with van der Waals surface area (Å²) in [7, 11) is 0. The number of imide groups is 1. The van der Waals surface area contributed by atoms with E-state index in [0.717, 1.165) is 10.4 Å². The lowest BCUT2D eigenvalue weighted by atomic mass is 10.1. The smallest absolute Gasteiger partial charge is 0.266 e. The average molecular weight is 335 g/mol. The van der Waals surface area contributed by atoms with Gasteiger partial charge in [-0.15, -0.1) is 11.3 Å². The summed E-state index contributed by atoms with van der Waals surface area (Å²) in [5, 5.41) is 12.3. The van der Waals surface area contributed by atoms with Crippen molar-refractivity contribution in [1.82, 2.24) is 0 Å². The number of thiophene rings is 1. The van der Waals surface area contributed by atoms with Gasteiger partial charge in [-0.25, -0.2) is 4.90 Å². The molecule has 1 aliphatic heterocycles. The molecule has 0 aliphatic carbocycles. The van der Waals surface area contributed by atoms with E-state index in [1.807, 2.05) is 17.5 Å². The number of fused-ring (bicyclic) bond motifs is 1. The Kier molecular flexibility index (Phi) is 3.52. The van der Waals surface area contributed by atoms with Gasteiger partial charge in [-0.3, -0.25) is 9.59 Å². The number of amides is 2. The molecule has 2 aromatic carbocycles. The van der Waals surface area contributed by atoms with Crippen molar-refractivity contribution < 1.29 is 14.7 Å². The first-order valence-electron chi connectivity index (χ1n) is 7.46. The fourth-order valence-corrected chi connectivity index (χ4v) is 3.58. The van der Waals surface area contributed by atoms with Crippen LogP contribution >= 0.6 is 11.3 Å². The molecule has 0 fully saturated rings. The van der Waals surface area contributed by atoms with E-state index >= 15 is 0 Å². The van der Waals surface area contributed by atoms with E-state index < -0.39 is 6.10 Å². The Balaban J connectivity index is 1.65. The van der Waals surface area contributed by atoms with Gasteiger partial charge in [0.1, 0.15) is 6.10 Å². The Morgan fingerprint density at radius 1 is 0.833 bits per heavy atom. The molecule has 4 nitrogen and oxygen atoms in total. The predicted molar refractivity (Wildman–Crippen MR) is 92.4 cm³/mol. The SMILES string of the molecule is O=C1c2ccccc2C(=O)N1c1ccc(C(O)c2cccs2)cc1. The molecule has 1 unspecified atom stereocenters. The monoisotopic (exact) mass is 335 g/mol. The third kappa shape index (κ3) is 2.26. The first kappa shape index (κ1) is 14.8. The third-order valence-electron chi connectivity index (χ3n) is 4.07. The Hall–Kier alpha value is -2.76. The van der Waals surface area contributed by atoms with Crippen LogP contribution in [0.1, 0.15) is 37.3 Å². The van der Waals surface area contributed by atoms with Crippen LogP contribution < -0.4 is 4.90 Å². The molecule has 118 valence electrons. The van der Waals surface area contributed by atoms with Crippen LogP contribution in [0.25, 0.3) is 0 Å². The Morgan fingerprint density at radius 3 is 2.00 bits per heavy atom. The van der Waals surface area contributed by atoms with Gasteiger partial charge in [0.25, 0.3) is 11.8 Å². The van der Waals surface area contributed by atoms with E-state index in [-0.39, 0.29) is 11.8 Å². The molecule has 24 heavy (non-hydrogen) atoms. The van der Waals surface area contributed by atoms with E-state index in [1.165, 1.54) is 16.2 Å². The molecule has 0 radical (unpaired) electrons. The zero-order valence-electron chi connectivity index (χ0n) is 12.5. The van der Waals surface area contributed by atoms with Gasteiger partial charge >= 0.3 is 0 Å². The molecule has 1 N–H and O–H groups in total. The summed E-state index contributed by atoms with van der Waals surface area (Å²) in [6.07, 6.45) is -0.707. The highest BCUT2D eigenvalue weighted by atomic mass is 32.1. The van der Waals surface area contributed by atoms with Gasteiger partial charge in [-0.1, -0.05) is 30.3 Å². The van der Waals surface area contributed by atoms with E-state index in [1.54, 1.807) is 48.5 Å². The fraction of sp³-hybridized carbons (Fsp3) is 0.0526. The second-order valence-corrected chi connectivity index (χ2v) is 6.48. The van der Waals surface area contributed by atoms with E-state index in [9.17, 15) is 14.7 Å². The highest BCUT2D eigenvalue weighted by Gasteiger charge is 2.36. The zero-order chi connectivity index (χ0) is 16.7. The first-order valence-corrected chi connectivity index (χ1v) is 8.34. The number of hydrogen-bond donors (Lipinski definition) is 1. The van der Waals surface area contributed by atoms with Crippen molar-refractivity contribution in [1.29, 1.82) is 0 Å². The fourth-order valence-electron chi connectivity index (χ4n) is 2.84. The molecule has 1 aromatic heterocycles. The number of rotatable bonds is 3. The summed E-state index contributed by atoms with van der Waals surface area (Å²) >= 11 is 1.48.